The zero-order chi connectivity index (χ0) is 25.8. The number of para-hydroxylation sites is 1. The van der Waals surface area contributed by atoms with E-state index in [2.05, 4.69) is 41.4 Å². The van der Waals surface area contributed by atoms with Gasteiger partial charge in [0.25, 0.3) is 0 Å². The Morgan fingerprint density at radius 1 is 1.00 bits per heavy atom. The van der Waals surface area contributed by atoms with Crippen molar-refractivity contribution in [1.29, 1.82) is 0 Å². The van der Waals surface area contributed by atoms with E-state index in [1.54, 1.807) is 18.2 Å². The number of rotatable bonds is 15. The number of ether oxygens (including phenoxy) is 2. The van der Waals surface area contributed by atoms with E-state index in [0.717, 1.165) is 24.4 Å². The lowest BCUT2D eigenvalue weighted by Gasteiger charge is -2.29. The third kappa shape index (κ3) is 9.00. The van der Waals surface area contributed by atoms with Crippen molar-refractivity contribution in [2.45, 2.75) is 32.5 Å². The van der Waals surface area contributed by atoms with Crippen LogP contribution in [0.2, 0.25) is 0 Å². The van der Waals surface area contributed by atoms with Crippen molar-refractivity contribution in [1.82, 2.24) is 10.2 Å². The molecule has 0 bridgehead atoms. The number of aliphatic hydroxyl groups excluding tert-OH is 1. The maximum atomic E-state index is 11.3. The molecule has 0 radical (unpaired) electrons. The van der Waals surface area contributed by atoms with Crippen LogP contribution in [0.25, 0.3) is 0 Å². The highest BCUT2D eigenvalue weighted by Crippen LogP contribution is 2.19. The van der Waals surface area contributed by atoms with Crippen LogP contribution in [0.15, 0.2) is 78.9 Å². The molecule has 2 unspecified atom stereocenters. The van der Waals surface area contributed by atoms with Crippen molar-refractivity contribution >= 4 is 5.91 Å². The second-order valence-corrected chi connectivity index (χ2v) is 8.94. The maximum Gasteiger partial charge on any atom is 0.248 e. The number of aryl methyl sites for hydroxylation is 1. The summed E-state index contributed by atoms with van der Waals surface area (Å²) in [6, 6.07) is 25.4. The molecule has 0 fully saturated rings. The SMILES string of the molecule is Cc1cc(C(N)=O)ccc1OCC(O)CNCCN(Cc1ccccc1)C(C)COc1ccccc1. The summed E-state index contributed by atoms with van der Waals surface area (Å²) in [5.41, 5.74) is 7.79. The van der Waals surface area contributed by atoms with Crippen molar-refractivity contribution in [3.05, 3.63) is 95.6 Å². The number of benzene rings is 3. The van der Waals surface area contributed by atoms with Gasteiger partial charge in [0.2, 0.25) is 5.91 Å². The minimum Gasteiger partial charge on any atom is -0.492 e. The summed E-state index contributed by atoms with van der Waals surface area (Å²) < 4.78 is 11.7. The number of carbonyl (C=O) groups excluding carboxylic acids is 1. The number of hydrogen-bond donors (Lipinski definition) is 3. The van der Waals surface area contributed by atoms with Crippen molar-refractivity contribution in [2.75, 3.05) is 32.8 Å². The van der Waals surface area contributed by atoms with Crippen LogP contribution in [0, 0.1) is 6.92 Å². The number of carbonyl (C=O) groups is 1. The fourth-order valence-corrected chi connectivity index (χ4v) is 3.81. The fraction of sp³-hybridized carbons (Fsp3) is 0.345. The van der Waals surface area contributed by atoms with Crippen LogP contribution in [-0.4, -0.2) is 60.9 Å². The van der Waals surface area contributed by atoms with Crippen LogP contribution in [0.3, 0.4) is 0 Å². The van der Waals surface area contributed by atoms with Gasteiger partial charge in [0.05, 0.1) is 0 Å². The highest BCUT2D eigenvalue weighted by Gasteiger charge is 2.16. The van der Waals surface area contributed by atoms with E-state index in [0.29, 0.717) is 31.0 Å². The summed E-state index contributed by atoms with van der Waals surface area (Å²) in [4.78, 5) is 13.7. The van der Waals surface area contributed by atoms with E-state index in [9.17, 15) is 9.90 Å². The molecule has 0 aliphatic carbocycles. The van der Waals surface area contributed by atoms with Gasteiger partial charge in [0.15, 0.2) is 0 Å². The minimum atomic E-state index is -0.665. The van der Waals surface area contributed by atoms with Crippen LogP contribution in [0.5, 0.6) is 11.5 Å². The second-order valence-electron chi connectivity index (χ2n) is 8.94. The van der Waals surface area contributed by atoms with Crippen molar-refractivity contribution in [3.63, 3.8) is 0 Å². The van der Waals surface area contributed by atoms with E-state index < -0.39 is 12.0 Å². The molecule has 3 rings (SSSR count). The lowest BCUT2D eigenvalue weighted by molar-refractivity contribution is 0.0996. The molecular formula is C29H37N3O4. The number of primary amides is 1. The lowest BCUT2D eigenvalue weighted by atomic mass is 10.1. The molecular weight excluding hydrogens is 454 g/mol. The Bertz CT molecular complexity index is 1060. The first kappa shape index (κ1) is 27.2. The minimum absolute atomic E-state index is 0.152. The molecule has 0 heterocycles. The predicted octanol–water partition coefficient (Wildman–Crippen LogP) is 3.39. The third-order valence-electron chi connectivity index (χ3n) is 5.93. The largest absolute Gasteiger partial charge is 0.492 e. The average molecular weight is 492 g/mol. The van der Waals surface area contributed by atoms with Gasteiger partial charge < -0.3 is 25.6 Å². The van der Waals surface area contributed by atoms with Crippen molar-refractivity contribution in [3.8, 4) is 11.5 Å². The molecule has 0 aliphatic rings. The van der Waals surface area contributed by atoms with Gasteiger partial charge >= 0.3 is 0 Å². The number of nitrogens with one attached hydrogen (secondary N) is 1. The zero-order valence-corrected chi connectivity index (χ0v) is 21.1. The van der Waals surface area contributed by atoms with Gasteiger partial charge in [-0.25, -0.2) is 0 Å². The Hall–Kier alpha value is -3.39. The normalized spacial score (nSPS) is 12.8. The molecule has 4 N–H and O–H groups in total. The lowest BCUT2D eigenvalue weighted by Crippen LogP contribution is -2.42. The Kier molecular flexibility index (Phi) is 10.8. The first-order chi connectivity index (χ1) is 17.4. The number of nitrogens with zero attached hydrogens (tertiary/aromatic N) is 1. The smallest absolute Gasteiger partial charge is 0.248 e. The average Bonchev–Trinajstić information content (AvgIpc) is 2.89. The number of aliphatic hydroxyl groups is 1. The van der Waals surface area contributed by atoms with Gasteiger partial charge in [-0.3, -0.25) is 9.69 Å². The summed E-state index contributed by atoms with van der Waals surface area (Å²) >= 11 is 0. The molecule has 192 valence electrons. The van der Waals surface area contributed by atoms with E-state index in [1.165, 1.54) is 5.56 Å². The summed E-state index contributed by atoms with van der Waals surface area (Å²) in [6.45, 7) is 7.48. The number of hydrogen-bond acceptors (Lipinski definition) is 6. The van der Waals surface area contributed by atoms with Crippen LogP contribution >= 0.6 is 0 Å². The third-order valence-corrected chi connectivity index (χ3v) is 5.93. The first-order valence-electron chi connectivity index (χ1n) is 12.3. The van der Waals surface area contributed by atoms with Crippen LogP contribution in [0.4, 0.5) is 0 Å². The highest BCUT2D eigenvalue weighted by molar-refractivity contribution is 5.93. The molecule has 2 atom stereocenters. The van der Waals surface area contributed by atoms with Crippen molar-refractivity contribution in [2.24, 2.45) is 5.73 Å². The molecule has 0 spiro atoms. The van der Waals surface area contributed by atoms with Gasteiger partial charge in [-0.1, -0.05) is 48.5 Å². The molecule has 36 heavy (non-hydrogen) atoms. The molecule has 0 saturated heterocycles. The Labute approximate surface area is 213 Å². The molecule has 0 aromatic heterocycles. The predicted molar refractivity (Wildman–Crippen MR) is 142 cm³/mol. The topological polar surface area (TPSA) is 97.1 Å². The summed E-state index contributed by atoms with van der Waals surface area (Å²) in [5.74, 6) is 1.02. The standard InChI is InChI=1S/C29H37N3O4/c1-22-17-25(29(30)34)13-14-28(22)36-21-26(33)18-31-15-16-32(19-24-9-5-3-6-10-24)23(2)20-35-27-11-7-4-8-12-27/h3-14,17,23,26,31,33H,15-16,18-21H2,1-2H3,(H2,30,34). The number of nitrogens with two attached hydrogens (primary N) is 1. The van der Waals surface area contributed by atoms with Gasteiger partial charge in [0.1, 0.15) is 30.8 Å². The van der Waals surface area contributed by atoms with E-state index >= 15 is 0 Å². The van der Waals surface area contributed by atoms with Crippen LogP contribution in [-0.2, 0) is 6.54 Å². The summed E-state index contributed by atoms with van der Waals surface area (Å²) in [5, 5.41) is 13.7. The summed E-state index contributed by atoms with van der Waals surface area (Å²) in [7, 11) is 0. The highest BCUT2D eigenvalue weighted by atomic mass is 16.5. The Balaban J connectivity index is 1.45. The Morgan fingerprint density at radius 3 is 2.36 bits per heavy atom. The first-order valence-corrected chi connectivity index (χ1v) is 12.3. The monoisotopic (exact) mass is 491 g/mol. The van der Waals surface area contributed by atoms with Crippen molar-refractivity contribution < 1.29 is 19.4 Å². The molecule has 3 aromatic rings. The molecule has 0 aliphatic heterocycles. The Morgan fingerprint density at radius 2 is 1.69 bits per heavy atom. The molecule has 3 aromatic carbocycles. The van der Waals surface area contributed by atoms with E-state index in [4.69, 9.17) is 15.2 Å². The fourth-order valence-electron chi connectivity index (χ4n) is 3.81. The molecule has 7 nitrogen and oxygen atoms in total. The van der Waals surface area contributed by atoms with Gasteiger partial charge in [0, 0.05) is 37.8 Å². The second kappa shape index (κ2) is 14.2. The molecule has 1 amide bonds. The zero-order valence-electron chi connectivity index (χ0n) is 21.1. The van der Waals surface area contributed by atoms with E-state index in [1.807, 2.05) is 43.3 Å². The van der Waals surface area contributed by atoms with Gasteiger partial charge in [-0.05, 0) is 55.3 Å². The van der Waals surface area contributed by atoms with Crippen LogP contribution < -0.4 is 20.5 Å². The van der Waals surface area contributed by atoms with Gasteiger partial charge in [-0.15, -0.1) is 0 Å². The molecule has 7 heteroatoms. The quantitative estimate of drug-likeness (QED) is 0.282. The van der Waals surface area contributed by atoms with Crippen LogP contribution in [0.1, 0.15) is 28.4 Å². The summed E-state index contributed by atoms with van der Waals surface area (Å²) in [6.07, 6.45) is -0.665. The van der Waals surface area contributed by atoms with Gasteiger partial charge in [-0.2, -0.15) is 0 Å². The molecule has 0 saturated carbocycles. The maximum absolute atomic E-state index is 11.3. The van der Waals surface area contributed by atoms with E-state index in [-0.39, 0.29) is 12.6 Å². The number of amides is 1.